The summed E-state index contributed by atoms with van der Waals surface area (Å²) < 4.78 is 1.29. The molecule has 3 N–H and O–H groups in total. The highest BCUT2D eigenvalue weighted by molar-refractivity contribution is 5.95. The van der Waals surface area contributed by atoms with E-state index in [0.717, 1.165) is 11.1 Å². The fourth-order valence-electron chi connectivity index (χ4n) is 3.38. The molecule has 1 aromatic heterocycles. The highest BCUT2D eigenvalue weighted by Crippen LogP contribution is 2.19. The minimum atomic E-state index is -0.650. The molecule has 0 spiro atoms. The Morgan fingerprint density at radius 2 is 1.60 bits per heavy atom. The van der Waals surface area contributed by atoms with Gasteiger partial charge in [0.05, 0.1) is 6.54 Å². The lowest BCUT2D eigenvalue weighted by Gasteiger charge is -2.24. The molecule has 0 saturated carbocycles. The Bertz CT molecular complexity index is 1100. The van der Waals surface area contributed by atoms with E-state index in [-0.39, 0.29) is 30.4 Å². The van der Waals surface area contributed by atoms with Crippen molar-refractivity contribution in [2.24, 2.45) is 0 Å². The molecule has 3 aromatic rings. The Labute approximate surface area is 174 Å². The van der Waals surface area contributed by atoms with Crippen LogP contribution in [0.3, 0.4) is 0 Å². The molecule has 0 bridgehead atoms. The largest absolute Gasteiger partial charge is 0.383 e. The van der Waals surface area contributed by atoms with E-state index in [1.807, 2.05) is 67.6 Å². The van der Waals surface area contributed by atoms with E-state index >= 15 is 0 Å². The molecule has 0 aliphatic carbocycles. The lowest BCUT2D eigenvalue weighted by atomic mass is 10.1. The molecule has 2 aromatic carbocycles. The first kappa shape index (κ1) is 21.1. The monoisotopic (exact) mass is 406 g/mol. The van der Waals surface area contributed by atoms with Gasteiger partial charge in [0, 0.05) is 13.0 Å². The van der Waals surface area contributed by atoms with Crippen LogP contribution in [-0.2, 0) is 17.8 Å². The third-order valence-corrected chi connectivity index (χ3v) is 4.89. The molecule has 0 saturated heterocycles. The topological polar surface area (TPSA) is 101 Å². The van der Waals surface area contributed by atoms with Gasteiger partial charge >= 0.3 is 5.69 Å². The SMILES string of the molecule is CCCN(C(=O)CCc1ccccc1)c1c(N)n(Cc2ccccc2)c(=O)[nH]c1=O. The van der Waals surface area contributed by atoms with Gasteiger partial charge in [-0.3, -0.25) is 19.1 Å². The van der Waals surface area contributed by atoms with Gasteiger partial charge in [-0.25, -0.2) is 4.79 Å². The van der Waals surface area contributed by atoms with Crippen LogP contribution in [0.1, 0.15) is 30.9 Å². The second kappa shape index (κ2) is 9.73. The van der Waals surface area contributed by atoms with Crippen molar-refractivity contribution in [3.63, 3.8) is 0 Å². The number of carbonyl (C=O) groups is 1. The number of anilines is 2. The zero-order chi connectivity index (χ0) is 21.5. The number of hydrogen-bond acceptors (Lipinski definition) is 4. The molecule has 7 heteroatoms. The number of hydrogen-bond donors (Lipinski definition) is 2. The van der Waals surface area contributed by atoms with Crippen LogP contribution in [0.15, 0.2) is 70.3 Å². The standard InChI is InChI=1S/C23H26N4O3/c1-2-15-26(19(28)14-13-17-9-5-3-6-10-17)20-21(24)27(23(30)25-22(20)29)16-18-11-7-4-8-12-18/h3-12H,2,13-16,24H2,1H3,(H,25,29,30). The Balaban J connectivity index is 1.93. The number of H-pyrrole nitrogens is 1. The molecule has 0 unspecified atom stereocenters. The lowest BCUT2D eigenvalue weighted by Crippen LogP contribution is -2.41. The predicted molar refractivity (Wildman–Crippen MR) is 119 cm³/mol. The Hall–Kier alpha value is -3.61. The predicted octanol–water partition coefficient (Wildman–Crippen LogP) is 2.54. The van der Waals surface area contributed by atoms with Gasteiger partial charge in [-0.05, 0) is 24.0 Å². The fourth-order valence-corrected chi connectivity index (χ4v) is 3.38. The van der Waals surface area contributed by atoms with Crippen molar-refractivity contribution >= 4 is 17.4 Å². The number of nitrogens with two attached hydrogens (primary N) is 1. The fraction of sp³-hybridized carbons (Fsp3) is 0.261. The number of amides is 1. The van der Waals surface area contributed by atoms with Gasteiger partial charge in [0.15, 0.2) is 5.69 Å². The van der Waals surface area contributed by atoms with Crippen molar-refractivity contribution in [2.45, 2.75) is 32.7 Å². The van der Waals surface area contributed by atoms with Gasteiger partial charge in [-0.1, -0.05) is 67.6 Å². The number of carbonyl (C=O) groups excluding carboxylic acids is 1. The van der Waals surface area contributed by atoms with Gasteiger partial charge in [0.2, 0.25) is 5.91 Å². The smallest absolute Gasteiger partial charge is 0.330 e. The van der Waals surface area contributed by atoms with Crippen molar-refractivity contribution in [2.75, 3.05) is 17.2 Å². The summed E-state index contributed by atoms with van der Waals surface area (Å²) in [5.74, 6) is -0.211. The summed E-state index contributed by atoms with van der Waals surface area (Å²) >= 11 is 0. The summed E-state index contributed by atoms with van der Waals surface area (Å²) in [6, 6.07) is 19.0. The molecule has 30 heavy (non-hydrogen) atoms. The minimum Gasteiger partial charge on any atom is -0.383 e. The van der Waals surface area contributed by atoms with Gasteiger partial charge in [0.1, 0.15) is 5.82 Å². The number of aryl methyl sites for hydroxylation is 1. The molecule has 3 rings (SSSR count). The molecule has 156 valence electrons. The number of aromatic amines is 1. The third kappa shape index (κ3) is 4.86. The van der Waals surface area contributed by atoms with Crippen LogP contribution in [0, 0.1) is 0 Å². The Kier molecular flexibility index (Phi) is 6.85. The van der Waals surface area contributed by atoms with Crippen LogP contribution in [-0.4, -0.2) is 22.0 Å². The summed E-state index contributed by atoms with van der Waals surface area (Å²) in [6.07, 6.45) is 1.44. The van der Waals surface area contributed by atoms with Gasteiger partial charge in [-0.2, -0.15) is 0 Å². The second-order valence-corrected chi connectivity index (χ2v) is 7.10. The third-order valence-electron chi connectivity index (χ3n) is 4.89. The van der Waals surface area contributed by atoms with Crippen LogP contribution in [0.4, 0.5) is 11.5 Å². The minimum absolute atomic E-state index is 0.00545. The van der Waals surface area contributed by atoms with Gasteiger partial charge in [-0.15, -0.1) is 0 Å². The summed E-state index contributed by atoms with van der Waals surface area (Å²) in [4.78, 5) is 41.7. The lowest BCUT2D eigenvalue weighted by molar-refractivity contribution is -0.118. The number of rotatable bonds is 8. The normalized spacial score (nSPS) is 10.7. The molecule has 7 nitrogen and oxygen atoms in total. The maximum atomic E-state index is 13.0. The number of nitrogens with zero attached hydrogens (tertiary/aromatic N) is 2. The molecule has 0 aliphatic heterocycles. The van der Waals surface area contributed by atoms with E-state index in [1.54, 1.807) is 0 Å². The molecule has 1 amide bonds. The average Bonchev–Trinajstić information content (AvgIpc) is 2.75. The quantitative estimate of drug-likeness (QED) is 0.600. The molecule has 0 aliphatic rings. The first-order valence-electron chi connectivity index (χ1n) is 10.0. The maximum Gasteiger partial charge on any atom is 0.330 e. The molecule has 1 heterocycles. The number of aromatic nitrogens is 2. The Morgan fingerprint density at radius 1 is 1.00 bits per heavy atom. The maximum absolute atomic E-state index is 13.0. The number of benzene rings is 2. The van der Waals surface area contributed by atoms with Gasteiger partial charge < -0.3 is 10.6 Å². The zero-order valence-electron chi connectivity index (χ0n) is 17.0. The van der Waals surface area contributed by atoms with E-state index < -0.39 is 11.2 Å². The van der Waals surface area contributed by atoms with Crippen molar-refractivity contribution in [3.8, 4) is 0 Å². The first-order chi connectivity index (χ1) is 14.5. The second-order valence-electron chi connectivity index (χ2n) is 7.10. The van der Waals surface area contributed by atoms with E-state index in [0.29, 0.717) is 19.4 Å². The van der Waals surface area contributed by atoms with Crippen molar-refractivity contribution < 1.29 is 4.79 Å². The van der Waals surface area contributed by atoms with Crippen LogP contribution in [0.2, 0.25) is 0 Å². The zero-order valence-corrected chi connectivity index (χ0v) is 17.0. The van der Waals surface area contributed by atoms with E-state index in [1.165, 1.54) is 9.47 Å². The average molecular weight is 406 g/mol. The molecule has 0 fully saturated rings. The summed E-state index contributed by atoms with van der Waals surface area (Å²) in [7, 11) is 0. The van der Waals surface area contributed by atoms with Crippen molar-refractivity contribution in [3.05, 3.63) is 92.6 Å². The Morgan fingerprint density at radius 3 is 2.20 bits per heavy atom. The molecule has 0 radical (unpaired) electrons. The molecule has 0 atom stereocenters. The summed E-state index contributed by atoms with van der Waals surface area (Å²) in [5.41, 5.74) is 6.95. The number of nitrogens with one attached hydrogen (secondary N) is 1. The van der Waals surface area contributed by atoms with Crippen molar-refractivity contribution in [1.82, 2.24) is 9.55 Å². The highest BCUT2D eigenvalue weighted by Gasteiger charge is 2.23. The van der Waals surface area contributed by atoms with Crippen LogP contribution >= 0.6 is 0 Å². The summed E-state index contributed by atoms with van der Waals surface area (Å²) in [5, 5.41) is 0. The van der Waals surface area contributed by atoms with E-state index in [4.69, 9.17) is 5.73 Å². The van der Waals surface area contributed by atoms with Crippen LogP contribution in [0.25, 0.3) is 0 Å². The number of nitrogen functional groups attached to an aromatic ring is 1. The first-order valence-corrected chi connectivity index (χ1v) is 10.0. The van der Waals surface area contributed by atoms with E-state index in [9.17, 15) is 14.4 Å². The molecular formula is C23H26N4O3. The van der Waals surface area contributed by atoms with Crippen LogP contribution in [0.5, 0.6) is 0 Å². The highest BCUT2D eigenvalue weighted by atomic mass is 16.2. The van der Waals surface area contributed by atoms with E-state index in [2.05, 4.69) is 4.98 Å². The van der Waals surface area contributed by atoms with Crippen molar-refractivity contribution in [1.29, 1.82) is 0 Å². The molecular weight excluding hydrogens is 380 g/mol. The van der Waals surface area contributed by atoms with Crippen LogP contribution < -0.4 is 21.9 Å². The van der Waals surface area contributed by atoms with Gasteiger partial charge in [0.25, 0.3) is 5.56 Å². The summed E-state index contributed by atoms with van der Waals surface area (Å²) in [6.45, 7) is 2.46.